The Labute approximate surface area is 141 Å². The number of carboxylic acid groups (broad SMARTS) is 1. The van der Waals surface area contributed by atoms with Crippen LogP contribution in [0, 0.1) is 11.8 Å². The minimum atomic E-state index is -0.870. The van der Waals surface area contributed by atoms with E-state index < -0.39 is 11.9 Å². The van der Waals surface area contributed by atoms with Crippen molar-refractivity contribution in [1.29, 1.82) is 0 Å². The molecule has 0 spiro atoms. The van der Waals surface area contributed by atoms with Crippen LogP contribution in [0.4, 0.5) is 10.5 Å². The second-order valence-electron chi connectivity index (χ2n) is 6.49. The van der Waals surface area contributed by atoms with Gasteiger partial charge in [0.25, 0.3) is 5.91 Å². The molecule has 24 heavy (non-hydrogen) atoms. The van der Waals surface area contributed by atoms with Crippen LogP contribution in [0.3, 0.4) is 0 Å². The number of nitrogens with zero attached hydrogens (tertiary/aromatic N) is 2. The first kappa shape index (κ1) is 17.8. The number of carbonyl (C=O) groups is 3. The maximum Gasteiger partial charge on any atom is 0.321 e. The van der Waals surface area contributed by atoms with E-state index in [1.165, 1.54) is 9.80 Å². The highest BCUT2D eigenvalue weighted by Gasteiger charge is 2.31. The van der Waals surface area contributed by atoms with Crippen LogP contribution in [-0.4, -0.2) is 60.0 Å². The molecule has 0 aliphatic carbocycles. The lowest BCUT2D eigenvalue weighted by molar-refractivity contribution is -0.143. The number of amides is 3. The van der Waals surface area contributed by atoms with Gasteiger partial charge in [-0.15, -0.1) is 0 Å². The molecule has 2 N–H and O–H groups in total. The highest BCUT2D eigenvalue weighted by atomic mass is 16.4. The van der Waals surface area contributed by atoms with Crippen molar-refractivity contribution in [3.05, 3.63) is 29.8 Å². The van der Waals surface area contributed by atoms with Crippen LogP contribution in [0.5, 0.6) is 0 Å². The molecule has 0 aromatic heterocycles. The fraction of sp³-hybridized carbons (Fsp3) is 0.471. The van der Waals surface area contributed by atoms with Gasteiger partial charge in [0, 0.05) is 38.4 Å². The summed E-state index contributed by atoms with van der Waals surface area (Å²) in [7, 11) is 3.35. The molecule has 0 bridgehead atoms. The average molecular weight is 333 g/mol. The molecule has 2 unspecified atom stereocenters. The van der Waals surface area contributed by atoms with Crippen molar-refractivity contribution >= 4 is 23.6 Å². The summed E-state index contributed by atoms with van der Waals surface area (Å²) in [6.45, 7) is 2.69. The van der Waals surface area contributed by atoms with E-state index >= 15 is 0 Å². The zero-order valence-electron chi connectivity index (χ0n) is 14.2. The predicted molar refractivity (Wildman–Crippen MR) is 90.0 cm³/mol. The number of urea groups is 1. The van der Waals surface area contributed by atoms with E-state index in [4.69, 9.17) is 0 Å². The van der Waals surface area contributed by atoms with Crippen LogP contribution >= 0.6 is 0 Å². The standard InChI is InChI=1S/C17H23N3O4/c1-11-8-13(16(22)23)10-20(9-11)17(24)18-14-6-4-12(5-7-14)15(21)19(2)3/h4-7,11,13H,8-10H2,1-3H3,(H,18,24)(H,22,23). The van der Waals surface area contributed by atoms with Crippen molar-refractivity contribution in [2.75, 3.05) is 32.5 Å². The van der Waals surface area contributed by atoms with Gasteiger partial charge in [0.15, 0.2) is 0 Å². The third-order valence-corrected chi connectivity index (χ3v) is 4.09. The molecule has 1 aromatic carbocycles. The van der Waals surface area contributed by atoms with Gasteiger partial charge in [-0.05, 0) is 36.6 Å². The lowest BCUT2D eigenvalue weighted by Gasteiger charge is -2.34. The van der Waals surface area contributed by atoms with Gasteiger partial charge < -0.3 is 20.2 Å². The lowest BCUT2D eigenvalue weighted by Crippen LogP contribution is -2.47. The monoisotopic (exact) mass is 333 g/mol. The van der Waals surface area contributed by atoms with E-state index in [9.17, 15) is 19.5 Å². The van der Waals surface area contributed by atoms with E-state index in [1.54, 1.807) is 38.4 Å². The molecular formula is C17H23N3O4. The SMILES string of the molecule is CC1CC(C(=O)O)CN(C(=O)Nc2ccc(C(=O)N(C)C)cc2)C1. The van der Waals surface area contributed by atoms with E-state index in [1.807, 2.05) is 6.92 Å². The van der Waals surface area contributed by atoms with Gasteiger partial charge in [0.1, 0.15) is 0 Å². The highest BCUT2D eigenvalue weighted by molar-refractivity contribution is 5.95. The third kappa shape index (κ3) is 4.24. The summed E-state index contributed by atoms with van der Waals surface area (Å²) in [5, 5.41) is 11.9. The Morgan fingerprint density at radius 3 is 2.33 bits per heavy atom. The number of anilines is 1. The average Bonchev–Trinajstić information content (AvgIpc) is 2.54. The normalized spacial score (nSPS) is 20.4. The van der Waals surface area contributed by atoms with E-state index in [2.05, 4.69) is 5.32 Å². The number of benzene rings is 1. The van der Waals surface area contributed by atoms with Crippen LogP contribution in [0.1, 0.15) is 23.7 Å². The topological polar surface area (TPSA) is 90.0 Å². The lowest BCUT2D eigenvalue weighted by atomic mass is 9.91. The number of carbonyl (C=O) groups excluding carboxylic acids is 2. The summed E-state index contributed by atoms with van der Waals surface area (Å²) in [5.41, 5.74) is 1.11. The van der Waals surface area contributed by atoms with Gasteiger partial charge in [-0.25, -0.2) is 4.79 Å². The predicted octanol–water partition coefficient (Wildman–Crippen LogP) is 1.96. The van der Waals surface area contributed by atoms with Crippen molar-refractivity contribution < 1.29 is 19.5 Å². The molecule has 0 radical (unpaired) electrons. The third-order valence-electron chi connectivity index (χ3n) is 4.09. The fourth-order valence-corrected chi connectivity index (χ4v) is 2.85. The molecule has 130 valence electrons. The van der Waals surface area contributed by atoms with Gasteiger partial charge in [-0.3, -0.25) is 9.59 Å². The minimum Gasteiger partial charge on any atom is -0.481 e. The summed E-state index contributed by atoms with van der Waals surface area (Å²) in [6.07, 6.45) is 0.584. The Bertz CT molecular complexity index is 627. The van der Waals surface area contributed by atoms with E-state index in [0.717, 1.165) is 0 Å². The van der Waals surface area contributed by atoms with Crippen LogP contribution in [0.15, 0.2) is 24.3 Å². The van der Waals surface area contributed by atoms with Crippen molar-refractivity contribution in [1.82, 2.24) is 9.80 Å². The smallest absolute Gasteiger partial charge is 0.321 e. The maximum absolute atomic E-state index is 12.4. The summed E-state index contributed by atoms with van der Waals surface area (Å²) >= 11 is 0. The summed E-state index contributed by atoms with van der Waals surface area (Å²) < 4.78 is 0. The molecule has 2 rings (SSSR count). The van der Waals surface area contributed by atoms with Gasteiger partial charge in [-0.1, -0.05) is 6.92 Å². The minimum absolute atomic E-state index is 0.109. The molecule has 1 fully saturated rings. The van der Waals surface area contributed by atoms with Gasteiger partial charge in [0.2, 0.25) is 0 Å². The van der Waals surface area contributed by atoms with Crippen LogP contribution < -0.4 is 5.32 Å². The Hall–Kier alpha value is -2.57. The molecule has 1 aliphatic heterocycles. The first-order valence-corrected chi connectivity index (χ1v) is 7.88. The number of carboxylic acids is 1. The molecule has 2 atom stereocenters. The summed E-state index contributed by atoms with van der Waals surface area (Å²) in [6, 6.07) is 6.31. The molecule has 7 heteroatoms. The molecular weight excluding hydrogens is 310 g/mol. The number of hydrogen-bond donors (Lipinski definition) is 2. The van der Waals surface area contributed by atoms with Crippen LogP contribution in [0.2, 0.25) is 0 Å². The van der Waals surface area contributed by atoms with Crippen molar-refractivity contribution in [3.8, 4) is 0 Å². The Morgan fingerprint density at radius 2 is 1.79 bits per heavy atom. The van der Waals surface area contributed by atoms with Gasteiger partial charge in [-0.2, -0.15) is 0 Å². The number of likely N-dealkylation sites (tertiary alicyclic amines) is 1. The molecule has 0 saturated carbocycles. The molecule has 3 amide bonds. The second kappa shape index (κ2) is 7.33. The van der Waals surface area contributed by atoms with Crippen molar-refractivity contribution in [2.24, 2.45) is 11.8 Å². The fourth-order valence-electron chi connectivity index (χ4n) is 2.85. The number of aliphatic carboxylic acids is 1. The molecule has 1 aromatic rings. The summed E-state index contributed by atoms with van der Waals surface area (Å²) in [5.74, 6) is -1.36. The quantitative estimate of drug-likeness (QED) is 0.885. The van der Waals surface area contributed by atoms with E-state index in [-0.39, 0.29) is 24.4 Å². The highest BCUT2D eigenvalue weighted by Crippen LogP contribution is 2.22. The summed E-state index contributed by atoms with van der Waals surface area (Å²) in [4.78, 5) is 38.4. The molecule has 1 heterocycles. The maximum atomic E-state index is 12.4. The zero-order chi connectivity index (χ0) is 17.9. The Kier molecular flexibility index (Phi) is 5.43. The largest absolute Gasteiger partial charge is 0.481 e. The molecule has 7 nitrogen and oxygen atoms in total. The van der Waals surface area contributed by atoms with E-state index in [0.29, 0.717) is 24.2 Å². The van der Waals surface area contributed by atoms with Gasteiger partial charge in [0.05, 0.1) is 5.92 Å². The number of rotatable bonds is 3. The van der Waals surface area contributed by atoms with Crippen LogP contribution in [0.25, 0.3) is 0 Å². The van der Waals surface area contributed by atoms with Crippen molar-refractivity contribution in [2.45, 2.75) is 13.3 Å². The first-order valence-electron chi connectivity index (χ1n) is 7.88. The second-order valence-corrected chi connectivity index (χ2v) is 6.49. The zero-order valence-corrected chi connectivity index (χ0v) is 14.2. The number of nitrogens with one attached hydrogen (secondary N) is 1. The Morgan fingerprint density at radius 1 is 1.17 bits per heavy atom. The molecule has 1 saturated heterocycles. The Balaban J connectivity index is 2.01. The van der Waals surface area contributed by atoms with Crippen molar-refractivity contribution in [3.63, 3.8) is 0 Å². The van der Waals surface area contributed by atoms with Gasteiger partial charge >= 0.3 is 12.0 Å². The number of piperidine rings is 1. The van der Waals surface area contributed by atoms with Crippen LogP contribution in [-0.2, 0) is 4.79 Å². The first-order chi connectivity index (χ1) is 11.3. The number of hydrogen-bond acceptors (Lipinski definition) is 3. The molecule has 1 aliphatic rings.